The lowest BCUT2D eigenvalue weighted by Gasteiger charge is -2.29. The van der Waals surface area contributed by atoms with E-state index in [-0.39, 0.29) is 16.8 Å². The molecule has 0 bridgehead atoms. The van der Waals surface area contributed by atoms with Crippen LogP contribution in [0.1, 0.15) is 15.9 Å². The van der Waals surface area contributed by atoms with Gasteiger partial charge < -0.3 is 5.11 Å². The molecule has 122 valence electrons. The summed E-state index contributed by atoms with van der Waals surface area (Å²) in [5.74, 6) is -1.19. The summed E-state index contributed by atoms with van der Waals surface area (Å²) in [4.78, 5) is 24.1. The van der Waals surface area contributed by atoms with Gasteiger partial charge in [-0.3, -0.25) is 4.79 Å². The van der Waals surface area contributed by atoms with Crippen molar-refractivity contribution in [1.82, 2.24) is 5.43 Å². The molecule has 0 spiro atoms. The van der Waals surface area contributed by atoms with Gasteiger partial charge in [0.25, 0.3) is 5.91 Å². The zero-order chi connectivity index (χ0) is 17.1. The third kappa shape index (κ3) is 3.67. The summed E-state index contributed by atoms with van der Waals surface area (Å²) in [6.45, 7) is 2.04. The molecule has 1 aliphatic rings. The molecule has 1 aliphatic heterocycles. The number of hydrogen-bond donors (Lipinski definition) is 2. The lowest BCUT2D eigenvalue weighted by atomic mass is 10.2. The number of aromatic carboxylic acids is 1. The van der Waals surface area contributed by atoms with Crippen LogP contribution in [-0.2, 0) is 4.79 Å². The highest BCUT2D eigenvalue weighted by atomic mass is 32.2. The van der Waals surface area contributed by atoms with Crippen molar-refractivity contribution < 1.29 is 14.7 Å². The monoisotopic (exact) mass is 340 g/mol. The smallest absolute Gasteiger partial charge is 0.335 e. The summed E-state index contributed by atoms with van der Waals surface area (Å²) < 4.78 is 0. The third-order valence-electron chi connectivity index (χ3n) is 3.55. The number of benzene rings is 2. The topological polar surface area (TPSA) is 69.6 Å². The predicted octanol–water partition coefficient (Wildman–Crippen LogP) is 3.22. The van der Waals surface area contributed by atoms with Crippen LogP contribution in [0.25, 0.3) is 0 Å². The van der Waals surface area contributed by atoms with Gasteiger partial charge in [0.15, 0.2) is 0 Å². The molecule has 1 atom stereocenters. The Balaban J connectivity index is 1.75. The molecule has 0 aliphatic carbocycles. The van der Waals surface area contributed by atoms with Gasteiger partial charge in [-0.25, -0.2) is 15.2 Å². The maximum Gasteiger partial charge on any atom is 0.335 e. The summed E-state index contributed by atoms with van der Waals surface area (Å²) in [5, 5.41) is 10.3. The summed E-state index contributed by atoms with van der Waals surface area (Å²) in [7, 11) is 0. The minimum atomic E-state index is -0.993. The first kappa shape index (κ1) is 16.3. The molecule has 0 saturated heterocycles. The van der Waals surface area contributed by atoms with Gasteiger partial charge in [0, 0.05) is 11.0 Å². The molecule has 0 saturated carbocycles. The molecule has 0 aromatic heterocycles. The van der Waals surface area contributed by atoms with E-state index in [1.54, 1.807) is 23.9 Å². The normalized spacial score (nSPS) is 17.1. The number of hydrazine groups is 1. The van der Waals surface area contributed by atoms with Crippen LogP contribution in [0, 0.1) is 6.92 Å². The lowest BCUT2D eigenvalue weighted by molar-refractivity contribution is -0.115. The first-order chi connectivity index (χ1) is 11.5. The van der Waals surface area contributed by atoms with E-state index < -0.39 is 5.97 Å². The second-order valence-electron chi connectivity index (χ2n) is 5.37. The van der Waals surface area contributed by atoms with Crippen molar-refractivity contribution in [1.29, 1.82) is 0 Å². The largest absolute Gasteiger partial charge is 0.478 e. The van der Waals surface area contributed by atoms with Crippen molar-refractivity contribution in [2.75, 3.05) is 5.01 Å². The van der Waals surface area contributed by atoms with Gasteiger partial charge in [-0.1, -0.05) is 17.7 Å². The van der Waals surface area contributed by atoms with Gasteiger partial charge in [0.2, 0.25) is 0 Å². The molecule has 5 nitrogen and oxygen atoms in total. The quantitative estimate of drug-likeness (QED) is 0.894. The molecule has 2 N–H and O–H groups in total. The second kappa shape index (κ2) is 6.90. The molecule has 0 fully saturated rings. The van der Waals surface area contributed by atoms with E-state index in [0.29, 0.717) is 5.69 Å². The van der Waals surface area contributed by atoms with Gasteiger partial charge in [0.05, 0.1) is 16.6 Å². The average Bonchev–Trinajstić information content (AvgIpc) is 2.59. The molecule has 2 aromatic rings. The zero-order valence-corrected chi connectivity index (χ0v) is 13.8. The number of carboxylic acid groups (broad SMARTS) is 1. The molecular formula is C18H16N2O3S. The number of aryl methyl sites for hydroxylation is 1. The van der Waals surface area contributed by atoms with Crippen LogP contribution in [0.4, 0.5) is 5.69 Å². The van der Waals surface area contributed by atoms with Crippen molar-refractivity contribution in [2.24, 2.45) is 0 Å². The fourth-order valence-electron chi connectivity index (χ4n) is 2.26. The Morgan fingerprint density at radius 2 is 1.79 bits per heavy atom. The molecule has 1 amide bonds. The van der Waals surface area contributed by atoms with E-state index in [0.717, 1.165) is 4.90 Å². The molecular weight excluding hydrogens is 324 g/mol. The fourth-order valence-corrected chi connectivity index (χ4v) is 3.16. The van der Waals surface area contributed by atoms with Crippen LogP contribution < -0.4 is 10.4 Å². The van der Waals surface area contributed by atoms with E-state index in [1.165, 1.54) is 28.8 Å². The van der Waals surface area contributed by atoms with E-state index >= 15 is 0 Å². The number of hydrogen-bond acceptors (Lipinski definition) is 4. The van der Waals surface area contributed by atoms with Crippen LogP contribution in [0.15, 0.2) is 65.6 Å². The van der Waals surface area contributed by atoms with Gasteiger partial charge in [-0.15, -0.1) is 11.8 Å². The number of rotatable bonds is 4. The average molecular weight is 340 g/mol. The number of nitrogens with one attached hydrogen (secondary N) is 1. The van der Waals surface area contributed by atoms with E-state index in [9.17, 15) is 9.59 Å². The van der Waals surface area contributed by atoms with E-state index in [2.05, 4.69) is 5.43 Å². The Kier molecular flexibility index (Phi) is 4.69. The van der Waals surface area contributed by atoms with Crippen molar-refractivity contribution in [3.63, 3.8) is 0 Å². The highest BCUT2D eigenvalue weighted by molar-refractivity contribution is 8.00. The van der Waals surface area contributed by atoms with Crippen molar-refractivity contribution >= 4 is 29.3 Å². The molecule has 6 heteroatoms. The Labute approximate surface area is 144 Å². The minimum absolute atomic E-state index is 0.0930. The maximum absolute atomic E-state index is 12.1. The molecule has 0 radical (unpaired) electrons. The van der Waals surface area contributed by atoms with Crippen molar-refractivity contribution in [2.45, 2.75) is 17.2 Å². The zero-order valence-electron chi connectivity index (χ0n) is 13.0. The molecule has 3 rings (SSSR count). The SMILES string of the molecule is Cc1ccc(SC2C=CC(=O)N(c3ccc(C(=O)O)cc3)N2)cc1. The predicted molar refractivity (Wildman–Crippen MR) is 94.0 cm³/mol. The highest BCUT2D eigenvalue weighted by Crippen LogP contribution is 2.26. The van der Waals surface area contributed by atoms with Crippen LogP contribution in [0.3, 0.4) is 0 Å². The summed E-state index contributed by atoms with van der Waals surface area (Å²) in [6.07, 6.45) is 3.34. The van der Waals surface area contributed by atoms with Crippen molar-refractivity contribution in [3.8, 4) is 0 Å². The second-order valence-corrected chi connectivity index (χ2v) is 6.58. The minimum Gasteiger partial charge on any atom is -0.478 e. The number of amides is 1. The molecule has 2 aromatic carbocycles. The Morgan fingerprint density at radius 3 is 2.42 bits per heavy atom. The van der Waals surface area contributed by atoms with Gasteiger partial charge in [-0.05, 0) is 49.4 Å². The van der Waals surface area contributed by atoms with Crippen molar-refractivity contribution in [3.05, 3.63) is 71.8 Å². The third-order valence-corrected chi connectivity index (χ3v) is 4.61. The van der Waals surface area contributed by atoms with Gasteiger partial charge in [0.1, 0.15) is 0 Å². The van der Waals surface area contributed by atoms with Gasteiger partial charge in [-0.2, -0.15) is 0 Å². The van der Waals surface area contributed by atoms with Gasteiger partial charge >= 0.3 is 5.97 Å². The van der Waals surface area contributed by atoms with Crippen LogP contribution in [0.2, 0.25) is 0 Å². The summed E-state index contributed by atoms with van der Waals surface area (Å²) >= 11 is 1.60. The Hall–Kier alpha value is -2.57. The maximum atomic E-state index is 12.1. The number of thioether (sulfide) groups is 1. The number of carbonyl (C=O) groups excluding carboxylic acids is 1. The number of anilines is 1. The van der Waals surface area contributed by atoms with Crippen LogP contribution >= 0.6 is 11.8 Å². The Morgan fingerprint density at radius 1 is 1.12 bits per heavy atom. The molecule has 1 unspecified atom stereocenters. The summed E-state index contributed by atoms with van der Waals surface area (Å²) in [6, 6.07) is 14.4. The Bertz CT molecular complexity index is 785. The first-order valence-corrected chi connectivity index (χ1v) is 8.26. The lowest BCUT2D eigenvalue weighted by Crippen LogP contribution is -2.49. The number of carbonyl (C=O) groups is 2. The van der Waals surface area contributed by atoms with Crippen LogP contribution in [0.5, 0.6) is 0 Å². The number of nitrogens with zero attached hydrogens (tertiary/aromatic N) is 1. The molecule has 1 heterocycles. The van der Waals surface area contributed by atoms with E-state index in [4.69, 9.17) is 5.11 Å². The molecule has 24 heavy (non-hydrogen) atoms. The highest BCUT2D eigenvalue weighted by Gasteiger charge is 2.22. The standard InChI is InChI=1S/C18H16N2O3S/c1-12-2-8-15(9-3-12)24-16-10-11-17(21)20(19-16)14-6-4-13(5-7-14)18(22)23/h2-11,16,19H,1H3,(H,22,23). The van der Waals surface area contributed by atoms with E-state index in [1.807, 2.05) is 37.3 Å². The first-order valence-electron chi connectivity index (χ1n) is 7.38. The van der Waals surface area contributed by atoms with Crippen LogP contribution in [-0.4, -0.2) is 22.4 Å². The fraction of sp³-hybridized carbons (Fsp3) is 0.111. The number of carboxylic acids is 1. The summed E-state index contributed by atoms with van der Waals surface area (Å²) in [5.41, 5.74) is 5.13.